The van der Waals surface area contributed by atoms with Crippen molar-refractivity contribution in [3.8, 4) is 0 Å². The zero-order valence-electron chi connectivity index (χ0n) is 15.0. The van der Waals surface area contributed by atoms with Gasteiger partial charge in [0.2, 0.25) is 5.91 Å². The molecule has 2 aliphatic rings. The zero-order chi connectivity index (χ0) is 17.8. The minimum atomic E-state index is -0.286. The first-order valence-electron chi connectivity index (χ1n) is 9.35. The van der Waals surface area contributed by atoms with Gasteiger partial charge in [-0.25, -0.2) is 4.39 Å². The molecule has 2 fully saturated rings. The monoisotopic (exact) mass is 346 g/mol. The van der Waals surface area contributed by atoms with Gasteiger partial charge in [0.25, 0.3) is 0 Å². The third-order valence-corrected chi connectivity index (χ3v) is 5.49. The second-order valence-corrected chi connectivity index (χ2v) is 7.32. The second-order valence-electron chi connectivity index (χ2n) is 7.32. The van der Waals surface area contributed by atoms with Crippen LogP contribution in [-0.2, 0) is 4.79 Å². The molecular formula is C20H27FN2O2. The van der Waals surface area contributed by atoms with E-state index < -0.39 is 0 Å². The van der Waals surface area contributed by atoms with E-state index in [-0.39, 0.29) is 17.5 Å². The molecule has 0 unspecified atom stereocenters. The van der Waals surface area contributed by atoms with Crippen LogP contribution in [0.5, 0.6) is 0 Å². The van der Waals surface area contributed by atoms with Crippen LogP contribution in [-0.4, -0.2) is 54.2 Å². The van der Waals surface area contributed by atoms with Gasteiger partial charge in [0.05, 0.1) is 6.54 Å². The van der Waals surface area contributed by atoms with Crippen molar-refractivity contribution >= 4 is 11.7 Å². The molecular weight excluding hydrogens is 319 g/mol. The van der Waals surface area contributed by atoms with Crippen LogP contribution in [0.3, 0.4) is 0 Å². The molecule has 25 heavy (non-hydrogen) atoms. The molecule has 1 heterocycles. The molecule has 0 bridgehead atoms. The summed E-state index contributed by atoms with van der Waals surface area (Å²) in [5.41, 5.74) is 1.05. The number of carbonyl (C=O) groups is 2. The lowest BCUT2D eigenvalue weighted by Crippen LogP contribution is -2.51. The molecule has 4 nitrogen and oxygen atoms in total. The molecule has 1 amide bonds. The largest absolute Gasteiger partial charge is 0.340 e. The number of rotatable bonds is 4. The van der Waals surface area contributed by atoms with Crippen molar-refractivity contribution in [3.05, 3.63) is 35.1 Å². The zero-order valence-corrected chi connectivity index (χ0v) is 15.0. The number of hydrogen-bond donors (Lipinski definition) is 0. The predicted molar refractivity (Wildman–Crippen MR) is 95.1 cm³/mol. The number of piperazine rings is 1. The Morgan fingerprint density at radius 1 is 1.08 bits per heavy atom. The third-order valence-electron chi connectivity index (χ3n) is 5.49. The van der Waals surface area contributed by atoms with Crippen LogP contribution >= 0.6 is 0 Å². The van der Waals surface area contributed by atoms with Gasteiger partial charge in [0, 0.05) is 37.7 Å². The van der Waals surface area contributed by atoms with Gasteiger partial charge >= 0.3 is 0 Å². The highest BCUT2D eigenvalue weighted by Crippen LogP contribution is 2.25. The Hall–Kier alpha value is -1.75. The van der Waals surface area contributed by atoms with E-state index in [1.54, 1.807) is 19.1 Å². The molecule has 1 aromatic carbocycles. The predicted octanol–water partition coefficient (Wildman–Crippen LogP) is 3.04. The summed E-state index contributed by atoms with van der Waals surface area (Å²) in [6, 6.07) is 4.51. The van der Waals surface area contributed by atoms with Crippen LogP contribution in [0.25, 0.3) is 0 Å². The Balaban J connectivity index is 1.49. The number of aryl methyl sites for hydroxylation is 1. The fourth-order valence-electron chi connectivity index (χ4n) is 3.85. The number of amides is 1. The second kappa shape index (κ2) is 8.09. The Labute approximate surface area is 149 Å². The maximum atomic E-state index is 13.3. The first kappa shape index (κ1) is 18.1. The van der Waals surface area contributed by atoms with Crippen molar-refractivity contribution in [1.29, 1.82) is 0 Å². The Kier molecular flexibility index (Phi) is 5.84. The molecule has 3 rings (SSSR count). The lowest BCUT2D eigenvalue weighted by molar-refractivity contribution is -0.138. The van der Waals surface area contributed by atoms with E-state index in [1.807, 2.05) is 4.90 Å². The van der Waals surface area contributed by atoms with Crippen molar-refractivity contribution in [2.45, 2.75) is 39.0 Å². The molecule has 136 valence electrons. The van der Waals surface area contributed by atoms with Gasteiger partial charge in [-0.1, -0.05) is 19.3 Å². The molecule has 1 aromatic rings. The number of hydrogen-bond acceptors (Lipinski definition) is 3. The lowest BCUT2D eigenvalue weighted by atomic mass is 9.88. The van der Waals surface area contributed by atoms with Crippen molar-refractivity contribution in [2.24, 2.45) is 5.92 Å². The molecule has 0 atom stereocenters. The molecule has 1 aliphatic carbocycles. The fourth-order valence-corrected chi connectivity index (χ4v) is 3.85. The van der Waals surface area contributed by atoms with Crippen LogP contribution in [0.4, 0.5) is 4.39 Å². The van der Waals surface area contributed by atoms with E-state index >= 15 is 0 Å². The average Bonchev–Trinajstić information content (AvgIpc) is 2.64. The van der Waals surface area contributed by atoms with Crippen molar-refractivity contribution in [2.75, 3.05) is 32.7 Å². The summed E-state index contributed by atoms with van der Waals surface area (Å²) in [6.07, 6.45) is 5.65. The first-order valence-corrected chi connectivity index (χ1v) is 9.35. The Bertz CT molecular complexity index is 633. The van der Waals surface area contributed by atoms with Gasteiger partial charge in [-0.2, -0.15) is 0 Å². The molecule has 0 aromatic heterocycles. The van der Waals surface area contributed by atoms with Crippen molar-refractivity contribution in [3.63, 3.8) is 0 Å². The summed E-state index contributed by atoms with van der Waals surface area (Å²) in [5.74, 6) is 0.241. The fraction of sp³-hybridized carbons (Fsp3) is 0.600. The summed E-state index contributed by atoms with van der Waals surface area (Å²) in [5, 5.41) is 0. The topological polar surface area (TPSA) is 40.6 Å². The van der Waals surface area contributed by atoms with E-state index in [4.69, 9.17) is 0 Å². The summed E-state index contributed by atoms with van der Waals surface area (Å²) in [6.45, 7) is 4.85. The lowest BCUT2D eigenvalue weighted by Gasteiger charge is -2.36. The van der Waals surface area contributed by atoms with Crippen LogP contribution < -0.4 is 0 Å². The summed E-state index contributed by atoms with van der Waals surface area (Å²) in [7, 11) is 0. The van der Waals surface area contributed by atoms with Gasteiger partial charge in [-0.3, -0.25) is 14.5 Å². The Morgan fingerprint density at radius 3 is 2.40 bits per heavy atom. The molecule has 5 heteroatoms. The first-order chi connectivity index (χ1) is 12.0. The quantitative estimate of drug-likeness (QED) is 0.787. The minimum absolute atomic E-state index is 0.00940. The number of benzene rings is 1. The third kappa shape index (κ3) is 4.46. The molecule has 1 aliphatic heterocycles. The highest BCUT2D eigenvalue weighted by atomic mass is 19.1. The van der Waals surface area contributed by atoms with Crippen LogP contribution in [0.1, 0.15) is 48.0 Å². The highest BCUT2D eigenvalue weighted by molar-refractivity contribution is 5.97. The van der Waals surface area contributed by atoms with Gasteiger partial charge in [-0.15, -0.1) is 0 Å². The van der Waals surface area contributed by atoms with Gasteiger partial charge in [0.1, 0.15) is 5.82 Å². The average molecular weight is 346 g/mol. The molecule has 0 N–H and O–H groups in total. The van der Waals surface area contributed by atoms with Gasteiger partial charge < -0.3 is 4.90 Å². The standard InChI is InChI=1S/C20H27FN2O2/c1-15-13-17(7-8-18(15)21)19(24)14-22-9-11-23(12-10-22)20(25)16-5-3-2-4-6-16/h7-8,13,16H,2-6,9-12,14H2,1H3. The van der Waals surface area contributed by atoms with E-state index in [2.05, 4.69) is 4.90 Å². The van der Waals surface area contributed by atoms with Crippen molar-refractivity contribution in [1.82, 2.24) is 9.80 Å². The van der Waals surface area contributed by atoms with Crippen LogP contribution in [0.15, 0.2) is 18.2 Å². The molecule has 1 saturated carbocycles. The number of Topliss-reactive ketones (excluding diaryl/α,β-unsaturated/α-hetero) is 1. The van der Waals surface area contributed by atoms with E-state index in [0.29, 0.717) is 36.7 Å². The number of ketones is 1. The normalized spacial score (nSPS) is 19.8. The summed E-state index contributed by atoms with van der Waals surface area (Å²) < 4.78 is 13.3. The van der Waals surface area contributed by atoms with Gasteiger partial charge in [-0.05, 0) is 43.5 Å². The minimum Gasteiger partial charge on any atom is -0.340 e. The van der Waals surface area contributed by atoms with Crippen LogP contribution in [0, 0.1) is 18.7 Å². The molecule has 0 spiro atoms. The smallest absolute Gasteiger partial charge is 0.225 e. The maximum absolute atomic E-state index is 13.3. The summed E-state index contributed by atoms with van der Waals surface area (Å²) in [4.78, 5) is 29.0. The number of nitrogens with zero attached hydrogens (tertiary/aromatic N) is 2. The highest BCUT2D eigenvalue weighted by Gasteiger charge is 2.28. The number of carbonyl (C=O) groups excluding carboxylic acids is 2. The SMILES string of the molecule is Cc1cc(C(=O)CN2CCN(C(=O)C3CCCCC3)CC2)ccc1F. The summed E-state index contributed by atoms with van der Waals surface area (Å²) >= 11 is 0. The van der Waals surface area contributed by atoms with E-state index in [9.17, 15) is 14.0 Å². The van der Waals surface area contributed by atoms with E-state index in [1.165, 1.54) is 25.3 Å². The van der Waals surface area contributed by atoms with E-state index in [0.717, 1.165) is 25.9 Å². The maximum Gasteiger partial charge on any atom is 0.225 e. The number of halogens is 1. The molecule has 0 radical (unpaired) electrons. The van der Waals surface area contributed by atoms with Crippen molar-refractivity contribution < 1.29 is 14.0 Å². The van der Waals surface area contributed by atoms with Crippen LogP contribution in [0.2, 0.25) is 0 Å². The van der Waals surface area contributed by atoms with Gasteiger partial charge in [0.15, 0.2) is 5.78 Å². The molecule has 1 saturated heterocycles. The Morgan fingerprint density at radius 2 is 1.76 bits per heavy atom.